The van der Waals surface area contributed by atoms with Crippen LogP contribution in [0.1, 0.15) is 28.8 Å². The van der Waals surface area contributed by atoms with E-state index in [1.807, 2.05) is 23.5 Å². The number of nitrogens with zero attached hydrogens (tertiary/aromatic N) is 6. The predicted molar refractivity (Wildman–Crippen MR) is 118 cm³/mol. The average Bonchev–Trinajstić information content (AvgIpc) is 3.42. The molecule has 0 bridgehead atoms. The molecule has 0 atom stereocenters. The summed E-state index contributed by atoms with van der Waals surface area (Å²) in [6.45, 7) is 0. The highest BCUT2D eigenvalue weighted by atomic mass is 35.5. The van der Waals surface area contributed by atoms with Crippen LogP contribution < -0.4 is 0 Å². The van der Waals surface area contributed by atoms with E-state index in [1.54, 1.807) is 28.7 Å². The minimum Gasteiger partial charge on any atom is -0.244 e. The molecular weight excluding hydrogens is 447 g/mol. The van der Waals surface area contributed by atoms with Crippen molar-refractivity contribution in [3.05, 3.63) is 50.6 Å². The van der Waals surface area contributed by atoms with Gasteiger partial charge in [-0.2, -0.15) is 9.61 Å². The lowest BCUT2D eigenvalue weighted by molar-refractivity contribution is 0.700. The van der Waals surface area contributed by atoms with E-state index in [0.29, 0.717) is 21.6 Å². The summed E-state index contributed by atoms with van der Waals surface area (Å²) in [5, 5.41) is 16.6. The second kappa shape index (κ2) is 6.84. The summed E-state index contributed by atoms with van der Waals surface area (Å²) in [4.78, 5) is 7.15. The third-order valence-electron chi connectivity index (χ3n) is 5.30. The first-order chi connectivity index (χ1) is 14.2. The molecule has 10 heteroatoms. The summed E-state index contributed by atoms with van der Waals surface area (Å²) >= 11 is 15.8. The number of aryl methyl sites for hydroxylation is 2. The minimum absolute atomic E-state index is 0.635. The molecule has 4 aromatic heterocycles. The Bertz CT molecular complexity index is 1400. The number of thioether (sulfide) groups is 1. The Labute approximate surface area is 183 Å². The number of aromatic nitrogens is 6. The number of hydrogen-bond acceptors (Lipinski definition) is 6. The summed E-state index contributed by atoms with van der Waals surface area (Å²) < 4.78 is 3.92. The summed E-state index contributed by atoms with van der Waals surface area (Å²) in [5.74, 6) is 1.37. The van der Waals surface area contributed by atoms with Gasteiger partial charge in [0.2, 0.25) is 0 Å². The lowest BCUT2D eigenvalue weighted by atomic mass is 9.97. The second-order valence-corrected chi connectivity index (χ2v) is 9.90. The van der Waals surface area contributed by atoms with Crippen molar-refractivity contribution in [3.8, 4) is 0 Å². The van der Waals surface area contributed by atoms with E-state index in [0.717, 1.165) is 34.0 Å². The van der Waals surface area contributed by atoms with Crippen LogP contribution in [-0.4, -0.2) is 29.2 Å². The lowest BCUT2D eigenvalue weighted by Gasteiger charge is -2.10. The van der Waals surface area contributed by atoms with Crippen LogP contribution >= 0.6 is 46.3 Å². The summed E-state index contributed by atoms with van der Waals surface area (Å²) in [6, 6.07) is 5.58. The van der Waals surface area contributed by atoms with Crippen LogP contribution in [0.5, 0.6) is 0 Å². The molecule has 146 valence electrons. The van der Waals surface area contributed by atoms with Gasteiger partial charge in [0.05, 0.1) is 5.39 Å². The smallest absolute Gasteiger partial charge is 0.244 e. The van der Waals surface area contributed by atoms with Crippen molar-refractivity contribution >= 4 is 67.9 Å². The van der Waals surface area contributed by atoms with E-state index in [-0.39, 0.29) is 0 Å². The summed E-state index contributed by atoms with van der Waals surface area (Å²) in [5.41, 5.74) is 3.31. The van der Waals surface area contributed by atoms with Crippen LogP contribution in [0.3, 0.4) is 0 Å². The number of benzene rings is 1. The molecule has 0 fully saturated rings. The molecule has 4 heterocycles. The van der Waals surface area contributed by atoms with Crippen LogP contribution in [0.2, 0.25) is 10.0 Å². The quantitative estimate of drug-likeness (QED) is 0.334. The van der Waals surface area contributed by atoms with Crippen molar-refractivity contribution in [2.24, 2.45) is 0 Å². The van der Waals surface area contributed by atoms with Crippen molar-refractivity contribution in [1.29, 1.82) is 0 Å². The van der Waals surface area contributed by atoms with E-state index >= 15 is 0 Å². The molecule has 1 aromatic carbocycles. The molecule has 0 saturated carbocycles. The second-order valence-electron chi connectivity index (χ2n) is 7.03. The van der Waals surface area contributed by atoms with E-state index in [2.05, 4.69) is 24.7 Å². The van der Waals surface area contributed by atoms with Crippen molar-refractivity contribution < 1.29 is 0 Å². The molecule has 0 radical (unpaired) electrons. The van der Waals surface area contributed by atoms with Gasteiger partial charge in [-0.25, -0.2) is 9.38 Å². The van der Waals surface area contributed by atoms with Crippen LogP contribution in [0, 0.1) is 0 Å². The van der Waals surface area contributed by atoms with Gasteiger partial charge >= 0.3 is 0 Å². The van der Waals surface area contributed by atoms with Crippen LogP contribution in [0.15, 0.2) is 29.7 Å². The topological polar surface area (TPSA) is 60.4 Å². The van der Waals surface area contributed by atoms with Gasteiger partial charge in [-0.1, -0.05) is 41.0 Å². The van der Waals surface area contributed by atoms with E-state index < -0.39 is 0 Å². The normalized spacial score (nSPS) is 14.3. The summed E-state index contributed by atoms with van der Waals surface area (Å²) in [7, 11) is 0. The fourth-order valence-corrected chi connectivity index (χ4v) is 6.88. The first kappa shape index (κ1) is 17.9. The molecule has 0 spiro atoms. The van der Waals surface area contributed by atoms with Crippen molar-refractivity contribution in [2.75, 3.05) is 0 Å². The zero-order valence-corrected chi connectivity index (χ0v) is 18.2. The Morgan fingerprint density at radius 3 is 2.93 bits per heavy atom. The zero-order valence-electron chi connectivity index (χ0n) is 15.1. The Balaban J connectivity index is 1.54. The van der Waals surface area contributed by atoms with E-state index in [1.165, 1.54) is 28.7 Å². The maximum atomic E-state index is 6.35. The number of hydrogen-bond donors (Lipinski definition) is 0. The highest BCUT2D eigenvalue weighted by Gasteiger charge is 2.24. The monoisotopic (exact) mass is 460 g/mol. The molecule has 1 aliphatic rings. The van der Waals surface area contributed by atoms with Gasteiger partial charge in [-0.15, -0.1) is 21.5 Å². The molecule has 0 N–H and O–H groups in total. The first-order valence-electron chi connectivity index (χ1n) is 9.28. The fourth-order valence-electron chi connectivity index (χ4n) is 3.95. The van der Waals surface area contributed by atoms with Crippen molar-refractivity contribution in [2.45, 2.75) is 36.6 Å². The Morgan fingerprint density at radius 2 is 2.03 bits per heavy atom. The zero-order chi connectivity index (χ0) is 19.5. The van der Waals surface area contributed by atoms with Gasteiger partial charge in [0.15, 0.2) is 10.8 Å². The number of fused-ring (bicyclic) bond motifs is 8. The van der Waals surface area contributed by atoms with Crippen LogP contribution in [-0.2, 0) is 18.6 Å². The van der Waals surface area contributed by atoms with Gasteiger partial charge in [-0.05, 0) is 48.9 Å². The van der Waals surface area contributed by atoms with Gasteiger partial charge in [0.1, 0.15) is 11.2 Å². The standard InChI is InChI=1S/C19H14Cl2N6S2/c20-11-6-5-10(13(21)7-11)8-28-19-25-24-18-26(19)17-15(16-22-9-23-27(16)18)12-3-1-2-4-14(12)29-17/h5-7,9H,1-4,8H2. The molecule has 0 saturated heterocycles. The highest BCUT2D eigenvalue weighted by Crippen LogP contribution is 2.40. The third-order valence-corrected chi connectivity index (χ3v) is 8.15. The van der Waals surface area contributed by atoms with Gasteiger partial charge < -0.3 is 0 Å². The number of thiophene rings is 1. The van der Waals surface area contributed by atoms with E-state index in [4.69, 9.17) is 23.2 Å². The largest absolute Gasteiger partial charge is 0.260 e. The average molecular weight is 461 g/mol. The molecular formula is C19H14Cl2N6S2. The maximum Gasteiger partial charge on any atom is 0.260 e. The molecule has 6 rings (SSSR count). The first-order valence-corrected chi connectivity index (χ1v) is 11.8. The maximum absolute atomic E-state index is 6.35. The molecule has 0 unspecified atom stereocenters. The Kier molecular flexibility index (Phi) is 4.23. The number of rotatable bonds is 3. The molecule has 6 nitrogen and oxygen atoms in total. The third kappa shape index (κ3) is 2.77. The minimum atomic E-state index is 0.635. The number of halogens is 2. The molecule has 29 heavy (non-hydrogen) atoms. The van der Waals surface area contributed by atoms with Gasteiger partial charge in [-0.3, -0.25) is 0 Å². The molecule has 1 aliphatic carbocycles. The van der Waals surface area contributed by atoms with Gasteiger partial charge in [0.25, 0.3) is 5.78 Å². The molecule has 0 amide bonds. The SMILES string of the molecule is Clc1ccc(CSc2nnc3n4ncnc4c4c5c(sc4n23)CCCC5)c(Cl)c1. The highest BCUT2D eigenvalue weighted by molar-refractivity contribution is 7.98. The van der Waals surface area contributed by atoms with Crippen molar-refractivity contribution in [1.82, 2.24) is 29.2 Å². The van der Waals surface area contributed by atoms with Gasteiger partial charge in [0, 0.05) is 20.7 Å². The van der Waals surface area contributed by atoms with Crippen LogP contribution in [0.4, 0.5) is 0 Å². The van der Waals surface area contributed by atoms with E-state index in [9.17, 15) is 0 Å². The Hall–Kier alpha value is -1.87. The predicted octanol–water partition coefficient (Wildman–Crippen LogP) is 5.46. The lowest BCUT2D eigenvalue weighted by Crippen LogP contribution is -2.01. The Morgan fingerprint density at radius 1 is 1.14 bits per heavy atom. The van der Waals surface area contributed by atoms with Crippen molar-refractivity contribution in [3.63, 3.8) is 0 Å². The fraction of sp³-hybridized carbons (Fsp3) is 0.263. The molecule has 5 aromatic rings. The van der Waals surface area contributed by atoms with Crippen LogP contribution in [0.25, 0.3) is 21.6 Å². The summed E-state index contributed by atoms with van der Waals surface area (Å²) in [6.07, 6.45) is 6.27. The molecule has 0 aliphatic heterocycles.